The number of carbonyl (C=O) groups excluding carboxylic acids is 2. The summed E-state index contributed by atoms with van der Waals surface area (Å²) < 4.78 is 0. The highest BCUT2D eigenvalue weighted by atomic mass is 16.4. The van der Waals surface area contributed by atoms with Crippen molar-refractivity contribution in [3.8, 4) is 0 Å². The zero-order chi connectivity index (χ0) is 13.5. The number of carboxylic acid groups (broad SMARTS) is 1. The van der Waals surface area contributed by atoms with Crippen LogP contribution in [0.5, 0.6) is 0 Å². The molecule has 3 amide bonds. The Hall–Kier alpha value is -1.79. The van der Waals surface area contributed by atoms with Gasteiger partial charge in [0.25, 0.3) is 0 Å². The summed E-state index contributed by atoms with van der Waals surface area (Å²) in [6.07, 6.45) is 2.90. The van der Waals surface area contributed by atoms with Gasteiger partial charge in [-0.25, -0.2) is 4.79 Å². The van der Waals surface area contributed by atoms with Gasteiger partial charge in [-0.2, -0.15) is 0 Å². The number of carboxylic acids is 1. The Morgan fingerprint density at radius 3 is 2.39 bits per heavy atom. The van der Waals surface area contributed by atoms with Crippen LogP contribution >= 0.6 is 0 Å². The van der Waals surface area contributed by atoms with E-state index in [0.29, 0.717) is 12.6 Å². The molecule has 7 heteroatoms. The lowest BCUT2D eigenvalue weighted by Crippen LogP contribution is -2.46. The number of nitrogens with one attached hydrogen (secondary N) is 2. The SMILES string of the molecule is CCCN(C(=O)NCC(=O)NCC(=O)O)C1CC1. The van der Waals surface area contributed by atoms with Crippen LogP contribution in [0.25, 0.3) is 0 Å². The monoisotopic (exact) mass is 257 g/mol. The summed E-state index contributed by atoms with van der Waals surface area (Å²) >= 11 is 0. The Morgan fingerprint density at radius 2 is 1.89 bits per heavy atom. The first-order chi connectivity index (χ1) is 8.54. The minimum atomic E-state index is -1.11. The van der Waals surface area contributed by atoms with Crippen LogP contribution in [0.15, 0.2) is 0 Å². The predicted octanol–water partition coefficient (Wildman–Crippen LogP) is -0.229. The van der Waals surface area contributed by atoms with Crippen molar-refractivity contribution < 1.29 is 19.5 Å². The molecule has 1 saturated carbocycles. The zero-order valence-electron chi connectivity index (χ0n) is 10.4. The second kappa shape index (κ2) is 6.83. The Morgan fingerprint density at radius 1 is 1.22 bits per heavy atom. The van der Waals surface area contributed by atoms with Gasteiger partial charge < -0.3 is 20.6 Å². The summed E-state index contributed by atoms with van der Waals surface area (Å²) in [4.78, 5) is 34.9. The lowest BCUT2D eigenvalue weighted by molar-refractivity contribution is -0.137. The molecule has 1 fully saturated rings. The highest BCUT2D eigenvalue weighted by molar-refractivity contribution is 5.86. The molecule has 1 rings (SSSR count). The third kappa shape index (κ3) is 5.03. The van der Waals surface area contributed by atoms with Crippen LogP contribution in [0.3, 0.4) is 0 Å². The van der Waals surface area contributed by atoms with Gasteiger partial charge in [-0.15, -0.1) is 0 Å². The number of nitrogens with zero attached hydrogens (tertiary/aromatic N) is 1. The second-order valence-electron chi connectivity index (χ2n) is 4.25. The molecule has 0 aromatic heterocycles. The summed E-state index contributed by atoms with van der Waals surface area (Å²) in [5.74, 6) is -1.61. The molecule has 0 atom stereocenters. The first kappa shape index (κ1) is 14.3. The largest absolute Gasteiger partial charge is 0.480 e. The topological polar surface area (TPSA) is 98.7 Å². The number of carbonyl (C=O) groups is 3. The van der Waals surface area contributed by atoms with E-state index >= 15 is 0 Å². The summed E-state index contributed by atoms with van der Waals surface area (Å²) in [5, 5.41) is 13.0. The van der Waals surface area contributed by atoms with Gasteiger partial charge in [0.1, 0.15) is 6.54 Å². The van der Waals surface area contributed by atoms with Gasteiger partial charge in [0.05, 0.1) is 6.54 Å². The smallest absolute Gasteiger partial charge is 0.322 e. The van der Waals surface area contributed by atoms with E-state index in [-0.39, 0.29) is 12.6 Å². The third-order valence-corrected chi connectivity index (χ3v) is 2.55. The van der Waals surface area contributed by atoms with E-state index < -0.39 is 18.4 Å². The zero-order valence-corrected chi connectivity index (χ0v) is 10.4. The quantitative estimate of drug-likeness (QED) is 0.586. The van der Waals surface area contributed by atoms with Crippen LogP contribution in [0.2, 0.25) is 0 Å². The molecule has 0 spiro atoms. The number of hydrogen-bond acceptors (Lipinski definition) is 3. The van der Waals surface area contributed by atoms with Crippen molar-refractivity contribution in [3.63, 3.8) is 0 Å². The standard InChI is InChI=1S/C11H19N3O4/c1-2-5-14(8-3-4-8)11(18)13-6-9(15)12-7-10(16)17/h8H,2-7H2,1H3,(H,12,15)(H,13,18)(H,16,17). The lowest BCUT2D eigenvalue weighted by Gasteiger charge is -2.21. The predicted molar refractivity (Wildman–Crippen MR) is 64.1 cm³/mol. The Labute approximate surface area is 106 Å². The minimum absolute atomic E-state index is 0.195. The fourth-order valence-electron chi connectivity index (χ4n) is 1.57. The molecule has 1 aliphatic rings. The third-order valence-electron chi connectivity index (χ3n) is 2.55. The van der Waals surface area contributed by atoms with Crippen LogP contribution in [-0.4, -0.2) is 53.6 Å². The Kier molecular flexibility index (Phi) is 5.41. The van der Waals surface area contributed by atoms with E-state index in [1.165, 1.54) is 0 Å². The van der Waals surface area contributed by atoms with E-state index in [2.05, 4.69) is 10.6 Å². The van der Waals surface area contributed by atoms with Gasteiger partial charge in [0.2, 0.25) is 5.91 Å². The van der Waals surface area contributed by atoms with Crippen molar-refractivity contribution in [2.45, 2.75) is 32.2 Å². The van der Waals surface area contributed by atoms with E-state index in [1.807, 2.05) is 6.92 Å². The number of hydrogen-bond donors (Lipinski definition) is 3. The molecule has 0 heterocycles. The first-order valence-electron chi connectivity index (χ1n) is 6.07. The van der Waals surface area contributed by atoms with Gasteiger partial charge in [-0.1, -0.05) is 6.92 Å². The van der Waals surface area contributed by atoms with Gasteiger partial charge in [0, 0.05) is 12.6 Å². The average Bonchev–Trinajstić information content (AvgIpc) is 3.14. The summed E-state index contributed by atoms with van der Waals surface area (Å²) in [6, 6.07) is 0.0388. The lowest BCUT2D eigenvalue weighted by atomic mass is 10.4. The molecule has 102 valence electrons. The highest BCUT2D eigenvalue weighted by Gasteiger charge is 2.31. The molecular formula is C11H19N3O4. The van der Waals surface area contributed by atoms with E-state index in [0.717, 1.165) is 19.3 Å². The first-order valence-corrected chi connectivity index (χ1v) is 6.07. The van der Waals surface area contributed by atoms with Crippen molar-refractivity contribution in [3.05, 3.63) is 0 Å². The average molecular weight is 257 g/mol. The Bertz CT molecular complexity index is 328. The molecule has 1 aliphatic carbocycles. The number of aliphatic carboxylic acids is 1. The molecule has 0 saturated heterocycles. The molecule has 18 heavy (non-hydrogen) atoms. The number of amides is 3. The molecule has 0 unspecified atom stereocenters. The molecule has 0 aromatic carbocycles. The van der Waals surface area contributed by atoms with Crippen molar-refractivity contribution >= 4 is 17.9 Å². The molecular weight excluding hydrogens is 238 g/mol. The van der Waals surface area contributed by atoms with Gasteiger partial charge in [-0.05, 0) is 19.3 Å². The van der Waals surface area contributed by atoms with E-state index in [4.69, 9.17) is 5.11 Å². The summed E-state index contributed by atoms with van der Waals surface area (Å²) in [5.41, 5.74) is 0. The Balaban J connectivity index is 2.26. The maximum Gasteiger partial charge on any atom is 0.322 e. The number of rotatable bonds is 7. The van der Waals surface area contributed by atoms with Crippen LogP contribution in [0.4, 0.5) is 4.79 Å². The van der Waals surface area contributed by atoms with Crippen LogP contribution in [-0.2, 0) is 9.59 Å². The second-order valence-corrected chi connectivity index (χ2v) is 4.25. The molecule has 0 aromatic rings. The van der Waals surface area contributed by atoms with Crippen LogP contribution < -0.4 is 10.6 Å². The normalized spacial score (nSPS) is 13.8. The highest BCUT2D eigenvalue weighted by Crippen LogP contribution is 2.26. The summed E-state index contributed by atoms with van der Waals surface area (Å²) in [7, 11) is 0. The van der Waals surface area contributed by atoms with Crippen molar-refractivity contribution in [1.82, 2.24) is 15.5 Å². The maximum atomic E-state index is 11.8. The van der Waals surface area contributed by atoms with Crippen LogP contribution in [0, 0.1) is 0 Å². The van der Waals surface area contributed by atoms with Crippen molar-refractivity contribution in [2.24, 2.45) is 0 Å². The molecule has 0 radical (unpaired) electrons. The fourth-order valence-corrected chi connectivity index (χ4v) is 1.57. The van der Waals surface area contributed by atoms with Crippen molar-refractivity contribution in [1.29, 1.82) is 0 Å². The van der Waals surface area contributed by atoms with E-state index in [9.17, 15) is 14.4 Å². The minimum Gasteiger partial charge on any atom is -0.480 e. The van der Waals surface area contributed by atoms with Gasteiger partial charge in [0.15, 0.2) is 0 Å². The van der Waals surface area contributed by atoms with Crippen LogP contribution in [0.1, 0.15) is 26.2 Å². The van der Waals surface area contributed by atoms with Gasteiger partial charge >= 0.3 is 12.0 Å². The molecule has 0 bridgehead atoms. The van der Waals surface area contributed by atoms with Gasteiger partial charge in [-0.3, -0.25) is 9.59 Å². The summed E-state index contributed by atoms with van der Waals surface area (Å²) in [6.45, 7) is 2.03. The molecule has 0 aliphatic heterocycles. The molecule has 7 nitrogen and oxygen atoms in total. The van der Waals surface area contributed by atoms with E-state index in [1.54, 1.807) is 4.90 Å². The fraction of sp³-hybridized carbons (Fsp3) is 0.727. The molecule has 3 N–H and O–H groups in total. The number of urea groups is 1. The van der Waals surface area contributed by atoms with Crippen molar-refractivity contribution in [2.75, 3.05) is 19.6 Å². The maximum absolute atomic E-state index is 11.8.